The van der Waals surface area contributed by atoms with E-state index in [4.69, 9.17) is 0 Å². The zero-order valence-corrected chi connectivity index (χ0v) is 7.59. The van der Waals surface area contributed by atoms with Gasteiger partial charge in [0.2, 0.25) is 0 Å². The van der Waals surface area contributed by atoms with E-state index in [1.807, 2.05) is 0 Å². The second kappa shape index (κ2) is 3.98. The first-order chi connectivity index (χ1) is 4.42. The highest BCUT2D eigenvalue weighted by molar-refractivity contribution is 8.14. The van der Waals surface area contributed by atoms with Gasteiger partial charge in [0.1, 0.15) is 9.84 Å². The minimum Gasteiger partial charge on any atom is -0.288 e. The van der Waals surface area contributed by atoms with Gasteiger partial charge in [0.25, 0.3) is 0 Å². The minimum atomic E-state index is -2.89. The fraction of sp³-hybridized carbons (Fsp3) is 0.800. The van der Waals surface area contributed by atoms with Crippen LogP contribution in [0.1, 0.15) is 6.92 Å². The molecule has 0 amide bonds. The van der Waals surface area contributed by atoms with E-state index < -0.39 is 9.84 Å². The van der Waals surface area contributed by atoms with Crippen molar-refractivity contribution in [1.29, 1.82) is 0 Å². The number of hydrogen-bond acceptors (Lipinski definition) is 4. The first-order valence-corrected chi connectivity index (χ1v) is 5.77. The molecule has 60 valence electrons. The van der Waals surface area contributed by atoms with Crippen LogP contribution < -0.4 is 0 Å². The summed E-state index contributed by atoms with van der Waals surface area (Å²) in [5.41, 5.74) is 0. The van der Waals surface area contributed by atoms with E-state index in [-0.39, 0.29) is 10.9 Å². The van der Waals surface area contributed by atoms with Crippen molar-refractivity contribution >= 4 is 26.7 Å². The molecular formula is C5H10O3S2. The summed E-state index contributed by atoms with van der Waals surface area (Å²) in [6.07, 6.45) is 1.16. The van der Waals surface area contributed by atoms with Gasteiger partial charge in [-0.2, -0.15) is 0 Å². The Balaban J connectivity index is 3.49. The minimum absolute atomic E-state index is 0.0383. The molecular weight excluding hydrogens is 172 g/mol. The summed E-state index contributed by atoms with van der Waals surface area (Å²) < 4.78 is 21.0. The average Bonchev–Trinajstić information content (AvgIpc) is 1.59. The molecule has 0 saturated carbocycles. The molecule has 0 N–H and O–H groups in total. The number of rotatable bonds is 3. The Morgan fingerprint density at radius 2 is 2.00 bits per heavy atom. The van der Waals surface area contributed by atoms with E-state index in [1.54, 1.807) is 0 Å². The molecule has 0 aliphatic carbocycles. The Labute approximate surface area is 65.1 Å². The van der Waals surface area contributed by atoms with Gasteiger partial charge in [-0.05, 0) is 0 Å². The molecule has 0 unspecified atom stereocenters. The molecule has 0 bridgehead atoms. The van der Waals surface area contributed by atoms with Gasteiger partial charge in [-0.3, -0.25) is 4.79 Å². The zero-order chi connectivity index (χ0) is 8.20. The first kappa shape index (κ1) is 9.97. The van der Waals surface area contributed by atoms with Gasteiger partial charge in [0, 0.05) is 18.9 Å². The van der Waals surface area contributed by atoms with Crippen LogP contribution in [0.2, 0.25) is 0 Å². The highest BCUT2D eigenvalue weighted by atomic mass is 32.2. The average molecular weight is 182 g/mol. The predicted octanol–water partition coefficient (Wildman–Crippen LogP) is 0.311. The molecule has 0 aromatic rings. The van der Waals surface area contributed by atoms with E-state index in [0.717, 1.165) is 18.0 Å². The molecule has 10 heavy (non-hydrogen) atoms. The van der Waals surface area contributed by atoms with Crippen molar-refractivity contribution in [2.24, 2.45) is 0 Å². The highest BCUT2D eigenvalue weighted by Crippen LogP contribution is 2.01. The Kier molecular flexibility index (Phi) is 3.96. The van der Waals surface area contributed by atoms with Crippen LogP contribution in [0.4, 0.5) is 0 Å². The molecule has 0 saturated heterocycles. The maximum atomic E-state index is 10.5. The maximum Gasteiger partial charge on any atom is 0.185 e. The second-order valence-electron chi connectivity index (χ2n) is 1.97. The first-order valence-electron chi connectivity index (χ1n) is 2.73. The lowest BCUT2D eigenvalue weighted by Gasteiger charge is -1.93. The topological polar surface area (TPSA) is 51.2 Å². The summed E-state index contributed by atoms with van der Waals surface area (Å²) in [7, 11) is -2.89. The Morgan fingerprint density at radius 3 is 2.30 bits per heavy atom. The number of carbonyl (C=O) groups is 1. The third-order valence-corrected chi connectivity index (χ3v) is 2.78. The summed E-state index contributed by atoms with van der Waals surface area (Å²) in [6, 6.07) is 0. The van der Waals surface area contributed by atoms with Crippen LogP contribution in [0.15, 0.2) is 0 Å². The molecule has 5 heteroatoms. The second-order valence-corrected chi connectivity index (χ2v) is 5.50. The fourth-order valence-electron chi connectivity index (χ4n) is 0.337. The van der Waals surface area contributed by atoms with Crippen LogP contribution >= 0.6 is 11.8 Å². The molecule has 3 nitrogen and oxygen atoms in total. The molecule has 0 atom stereocenters. The predicted molar refractivity (Wildman–Crippen MR) is 42.8 cm³/mol. The Morgan fingerprint density at radius 1 is 1.50 bits per heavy atom. The van der Waals surface area contributed by atoms with Crippen molar-refractivity contribution in [3.05, 3.63) is 0 Å². The zero-order valence-electron chi connectivity index (χ0n) is 5.96. The van der Waals surface area contributed by atoms with Gasteiger partial charge in [-0.25, -0.2) is 8.42 Å². The van der Waals surface area contributed by atoms with Crippen LogP contribution in [-0.4, -0.2) is 31.3 Å². The van der Waals surface area contributed by atoms with Crippen molar-refractivity contribution < 1.29 is 13.2 Å². The summed E-state index contributed by atoms with van der Waals surface area (Å²) >= 11 is 1.04. The standard InChI is InChI=1S/C5H10O3S2/c1-5(6)9-3-4-10(2,7)8/h3-4H2,1-2H3. The largest absolute Gasteiger partial charge is 0.288 e. The van der Waals surface area contributed by atoms with Gasteiger partial charge in [0.05, 0.1) is 5.75 Å². The van der Waals surface area contributed by atoms with Crippen LogP contribution in [0.25, 0.3) is 0 Å². The quantitative estimate of drug-likeness (QED) is 0.630. The summed E-state index contributed by atoms with van der Waals surface area (Å²) in [6.45, 7) is 1.42. The summed E-state index contributed by atoms with van der Waals surface area (Å²) in [5.74, 6) is 0.450. The van der Waals surface area contributed by atoms with E-state index in [1.165, 1.54) is 6.92 Å². The lowest BCUT2D eigenvalue weighted by molar-refractivity contribution is -0.109. The van der Waals surface area contributed by atoms with Crippen LogP contribution in [-0.2, 0) is 14.6 Å². The van der Waals surface area contributed by atoms with Gasteiger partial charge < -0.3 is 0 Å². The molecule has 0 heterocycles. The van der Waals surface area contributed by atoms with Gasteiger partial charge in [-0.15, -0.1) is 0 Å². The van der Waals surface area contributed by atoms with Gasteiger partial charge >= 0.3 is 0 Å². The molecule has 0 aliphatic heterocycles. The lowest BCUT2D eigenvalue weighted by atomic mass is 10.9. The fourth-order valence-corrected chi connectivity index (χ4v) is 2.17. The van der Waals surface area contributed by atoms with E-state index in [9.17, 15) is 13.2 Å². The Hall–Kier alpha value is -0.0300. The van der Waals surface area contributed by atoms with E-state index >= 15 is 0 Å². The Bertz CT molecular complexity index is 205. The van der Waals surface area contributed by atoms with Crippen LogP contribution in [0, 0.1) is 0 Å². The number of sulfone groups is 1. The monoisotopic (exact) mass is 182 g/mol. The number of thioether (sulfide) groups is 1. The van der Waals surface area contributed by atoms with Crippen molar-refractivity contribution in [2.45, 2.75) is 6.92 Å². The van der Waals surface area contributed by atoms with Gasteiger partial charge in [-0.1, -0.05) is 11.8 Å². The normalized spacial score (nSPS) is 11.4. The summed E-state index contributed by atoms with van der Waals surface area (Å²) in [4.78, 5) is 10.3. The van der Waals surface area contributed by atoms with Crippen LogP contribution in [0.5, 0.6) is 0 Å². The smallest absolute Gasteiger partial charge is 0.185 e. The molecule has 0 radical (unpaired) electrons. The number of hydrogen-bond donors (Lipinski definition) is 0. The summed E-state index contributed by atoms with van der Waals surface area (Å²) in [5, 5.41) is -0.0383. The molecule has 0 aromatic heterocycles. The molecule has 0 aromatic carbocycles. The van der Waals surface area contributed by atoms with Gasteiger partial charge in [0.15, 0.2) is 5.12 Å². The van der Waals surface area contributed by atoms with Crippen molar-refractivity contribution in [3.63, 3.8) is 0 Å². The molecule has 0 aliphatic rings. The SMILES string of the molecule is CC(=O)SCCS(C)(=O)=O. The van der Waals surface area contributed by atoms with Crippen molar-refractivity contribution in [3.8, 4) is 0 Å². The third kappa shape index (κ3) is 7.97. The molecule has 0 rings (SSSR count). The lowest BCUT2D eigenvalue weighted by Crippen LogP contribution is -2.05. The molecule has 0 fully saturated rings. The number of carbonyl (C=O) groups excluding carboxylic acids is 1. The molecule has 0 spiro atoms. The van der Waals surface area contributed by atoms with E-state index in [0.29, 0.717) is 5.75 Å². The third-order valence-electron chi connectivity index (χ3n) is 0.759. The van der Waals surface area contributed by atoms with Crippen molar-refractivity contribution in [2.75, 3.05) is 17.8 Å². The van der Waals surface area contributed by atoms with E-state index in [2.05, 4.69) is 0 Å². The highest BCUT2D eigenvalue weighted by Gasteiger charge is 2.02. The van der Waals surface area contributed by atoms with Crippen LogP contribution in [0.3, 0.4) is 0 Å². The van der Waals surface area contributed by atoms with Crippen molar-refractivity contribution in [1.82, 2.24) is 0 Å². The maximum absolute atomic E-state index is 10.5.